The second-order valence-corrected chi connectivity index (χ2v) is 8.29. The van der Waals surface area contributed by atoms with Crippen molar-refractivity contribution in [2.24, 2.45) is 0 Å². The molecule has 2 fully saturated rings. The monoisotopic (exact) mass is 411 g/mol. The van der Waals surface area contributed by atoms with Crippen molar-refractivity contribution in [3.8, 4) is 5.75 Å². The Labute approximate surface area is 179 Å². The summed E-state index contributed by atoms with van der Waals surface area (Å²) in [6.07, 6.45) is 4.49. The molecule has 0 unspecified atom stereocenters. The van der Waals surface area contributed by atoms with E-state index in [0.29, 0.717) is 6.10 Å². The second-order valence-electron chi connectivity index (χ2n) is 8.29. The minimum Gasteiger partial charge on any atom is -0.497 e. The molecule has 2 aliphatic heterocycles. The zero-order valence-corrected chi connectivity index (χ0v) is 18.2. The molecule has 0 saturated carbocycles. The molecule has 4 rings (SSSR count). The van der Waals surface area contributed by atoms with Crippen LogP contribution in [0.1, 0.15) is 24.1 Å². The van der Waals surface area contributed by atoms with Crippen LogP contribution in [0.4, 0.5) is 5.95 Å². The number of hydrogen-bond acceptors (Lipinski definition) is 7. The maximum absolute atomic E-state index is 5.92. The van der Waals surface area contributed by atoms with Gasteiger partial charge in [-0.1, -0.05) is 12.1 Å². The van der Waals surface area contributed by atoms with Crippen molar-refractivity contribution in [1.82, 2.24) is 19.8 Å². The van der Waals surface area contributed by atoms with Crippen molar-refractivity contribution >= 4 is 5.95 Å². The smallest absolute Gasteiger partial charge is 0.225 e. The normalized spacial score (nSPS) is 20.1. The van der Waals surface area contributed by atoms with Crippen molar-refractivity contribution < 1.29 is 9.47 Å². The highest BCUT2D eigenvalue weighted by Gasteiger charge is 2.21. The van der Waals surface area contributed by atoms with Gasteiger partial charge in [-0.25, -0.2) is 9.97 Å². The van der Waals surface area contributed by atoms with Gasteiger partial charge in [-0.05, 0) is 43.7 Å². The van der Waals surface area contributed by atoms with Crippen LogP contribution in [0.5, 0.6) is 5.75 Å². The molecule has 1 atom stereocenters. The average Bonchev–Trinajstić information content (AvgIpc) is 3.28. The minimum atomic E-state index is 0.308. The summed E-state index contributed by atoms with van der Waals surface area (Å²) >= 11 is 0. The van der Waals surface area contributed by atoms with Gasteiger partial charge in [0.2, 0.25) is 5.95 Å². The maximum atomic E-state index is 5.92. The molecule has 1 aromatic carbocycles. The fraction of sp³-hybridized carbons (Fsp3) is 0.565. The molecule has 0 bridgehead atoms. The van der Waals surface area contributed by atoms with E-state index in [-0.39, 0.29) is 0 Å². The van der Waals surface area contributed by atoms with E-state index >= 15 is 0 Å². The Morgan fingerprint density at radius 1 is 1.10 bits per heavy atom. The first kappa shape index (κ1) is 21.0. The summed E-state index contributed by atoms with van der Waals surface area (Å²) in [6, 6.07) is 10.4. The predicted octanol–water partition coefficient (Wildman–Crippen LogP) is 2.42. The molecule has 2 saturated heterocycles. The maximum Gasteiger partial charge on any atom is 0.225 e. The van der Waals surface area contributed by atoms with Crippen LogP contribution in [-0.4, -0.2) is 79.4 Å². The lowest BCUT2D eigenvalue weighted by Crippen LogP contribution is -2.45. The molecule has 2 aliphatic rings. The van der Waals surface area contributed by atoms with E-state index in [0.717, 1.165) is 82.7 Å². The van der Waals surface area contributed by atoms with Crippen LogP contribution in [0.2, 0.25) is 0 Å². The van der Waals surface area contributed by atoms with Crippen molar-refractivity contribution in [2.75, 3.05) is 58.4 Å². The molecule has 0 radical (unpaired) electrons. The lowest BCUT2D eigenvalue weighted by Gasteiger charge is -2.32. The van der Waals surface area contributed by atoms with Crippen LogP contribution in [-0.2, 0) is 17.8 Å². The molecule has 7 nitrogen and oxygen atoms in total. The van der Waals surface area contributed by atoms with E-state index in [1.54, 1.807) is 7.11 Å². The average molecular weight is 412 g/mol. The minimum absolute atomic E-state index is 0.308. The highest BCUT2D eigenvalue weighted by molar-refractivity contribution is 5.31. The first-order valence-corrected chi connectivity index (χ1v) is 10.9. The van der Waals surface area contributed by atoms with Crippen molar-refractivity contribution in [1.29, 1.82) is 0 Å². The fourth-order valence-corrected chi connectivity index (χ4v) is 4.11. The number of nitrogens with zero attached hydrogens (tertiary/aromatic N) is 5. The summed E-state index contributed by atoms with van der Waals surface area (Å²) in [5.74, 6) is 1.74. The molecule has 0 amide bonds. The van der Waals surface area contributed by atoms with Gasteiger partial charge in [0.25, 0.3) is 0 Å². The Kier molecular flexibility index (Phi) is 7.15. The highest BCUT2D eigenvalue weighted by Crippen LogP contribution is 2.19. The lowest BCUT2D eigenvalue weighted by molar-refractivity contribution is 0.0674. The molecule has 3 heterocycles. The van der Waals surface area contributed by atoms with E-state index in [2.05, 4.69) is 38.9 Å². The number of aromatic nitrogens is 2. The third kappa shape index (κ3) is 5.68. The Morgan fingerprint density at radius 2 is 1.90 bits per heavy atom. The summed E-state index contributed by atoms with van der Waals surface area (Å²) in [4.78, 5) is 16.5. The van der Waals surface area contributed by atoms with Crippen LogP contribution >= 0.6 is 0 Å². The Bertz CT molecular complexity index is 786. The molecule has 30 heavy (non-hydrogen) atoms. The van der Waals surface area contributed by atoms with E-state index in [1.807, 2.05) is 24.4 Å². The van der Waals surface area contributed by atoms with Gasteiger partial charge in [0.1, 0.15) is 5.75 Å². The number of ether oxygens (including phenoxy) is 2. The van der Waals surface area contributed by atoms with Crippen LogP contribution in [0, 0.1) is 0 Å². The van der Waals surface area contributed by atoms with Gasteiger partial charge in [-0.2, -0.15) is 0 Å². The van der Waals surface area contributed by atoms with Gasteiger partial charge in [-0.15, -0.1) is 0 Å². The number of piperazine rings is 1. The van der Waals surface area contributed by atoms with Crippen molar-refractivity contribution in [3.05, 3.63) is 47.8 Å². The number of hydrogen-bond donors (Lipinski definition) is 0. The number of rotatable bonds is 8. The number of benzene rings is 1. The standard InChI is InChI=1S/C23H33N5O2/c1-26-11-13-28(14-12-26)23-24-10-9-20(25-23)17-27(18-22-4-3-15-30-22)16-19-5-7-21(29-2)8-6-19/h5-10,22H,3-4,11-18H2,1-2H3/t22-/m0/s1. The first-order chi connectivity index (χ1) is 14.7. The second kappa shape index (κ2) is 10.2. The third-order valence-electron chi connectivity index (χ3n) is 5.92. The molecule has 1 aromatic heterocycles. The zero-order valence-electron chi connectivity index (χ0n) is 18.2. The van der Waals surface area contributed by atoms with Gasteiger partial charge in [0, 0.05) is 58.6 Å². The zero-order chi connectivity index (χ0) is 20.8. The molecular formula is C23H33N5O2. The van der Waals surface area contributed by atoms with E-state index in [1.165, 1.54) is 5.56 Å². The summed E-state index contributed by atoms with van der Waals surface area (Å²) in [5, 5.41) is 0. The number of likely N-dealkylation sites (N-methyl/N-ethyl adjacent to an activating group) is 1. The number of methoxy groups -OCH3 is 1. The summed E-state index contributed by atoms with van der Waals surface area (Å²) in [6.45, 7) is 7.50. The van der Waals surface area contributed by atoms with Gasteiger partial charge >= 0.3 is 0 Å². The molecule has 162 valence electrons. The van der Waals surface area contributed by atoms with Crippen molar-refractivity contribution in [3.63, 3.8) is 0 Å². The van der Waals surface area contributed by atoms with E-state index in [9.17, 15) is 0 Å². The molecule has 7 heteroatoms. The van der Waals surface area contributed by atoms with E-state index in [4.69, 9.17) is 14.5 Å². The summed E-state index contributed by atoms with van der Waals surface area (Å²) in [7, 11) is 3.86. The van der Waals surface area contributed by atoms with Crippen LogP contribution < -0.4 is 9.64 Å². The van der Waals surface area contributed by atoms with Crippen LogP contribution in [0.15, 0.2) is 36.5 Å². The largest absolute Gasteiger partial charge is 0.497 e. The SMILES string of the molecule is COc1ccc(CN(Cc2ccnc(N3CCN(C)CC3)n2)C[C@@H]2CCCO2)cc1. The Hall–Kier alpha value is -2.22. The van der Waals surface area contributed by atoms with Gasteiger partial charge in [-0.3, -0.25) is 4.90 Å². The lowest BCUT2D eigenvalue weighted by atomic mass is 10.1. The van der Waals surface area contributed by atoms with E-state index < -0.39 is 0 Å². The highest BCUT2D eigenvalue weighted by atomic mass is 16.5. The fourth-order valence-electron chi connectivity index (χ4n) is 4.11. The topological polar surface area (TPSA) is 54.0 Å². The van der Waals surface area contributed by atoms with Crippen molar-refractivity contribution in [2.45, 2.75) is 32.0 Å². The summed E-state index contributed by atoms with van der Waals surface area (Å²) in [5.41, 5.74) is 2.33. The molecule has 0 spiro atoms. The molecular weight excluding hydrogens is 378 g/mol. The number of anilines is 1. The quantitative estimate of drug-likeness (QED) is 0.661. The van der Waals surface area contributed by atoms with Gasteiger partial charge in [0.05, 0.1) is 18.9 Å². The third-order valence-corrected chi connectivity index (χ3v) is 5.92. The van der Waals surface area contributed by atoms with Gasteiger partial charge in [0.15, 0.2) is 0 Å². The van der Waals surface area contributed by atoms with Crippen LogP contribution in [0.3, 0.4) is 0 Å². The summed E-state index contributed by atoms with van der Waals surface area (Å²) < 4.78 is 11.2. The predicted molar refractivity (Wildman–Crippen MR) is 118 cm³/mol. The Balaban J connectivity index is 1.45. The first-order valence-electron chi connectivity index (χ1n) is 10.9. The molecule has 0 aliphatic carbocycles. The molecule has 0 N–H and O–H groups in total. The Morgan fingerprint density at radius 3 is 2.60 bits per heavy atom. The molecule has 2 aromatic rings. The van der Waals surface area contributed by atoms with Gasteiger partial charge < -0.3 is 19.3 Å². The van der Waals surface area contributed by atoms with Crippen LogP contribution in [0.25, 0.3) is 0 Å².